The molecule has 0 spiro atoms. The molecule has 23 heavy (non-hydrogen) atoms. The van der Waals surface area contributed by atoms with E-state index >= 15 is 0 Å². The number of nitrogens with zero attached hydrogens (tertiary/aromatic N) is 2. The molecule has 0 bridgehead atoms. The van der Waals surface area contributed by atoms with Gasteiger partial charge in [0.05, 0.1) is 22.8 Å². The van der Waals surface area contributed by atoms with E-state index in [0.717, 1.165) is 44.2 Å². The van der Waals surface area contributed by atoms with E-state index in [4.69, 9.17) is 27.9 Å². The van der Waals surface area contributed by atoms with Crippen molar-refractivity contribution in [3.63, 3.8) is 0 Å². The second-order valence-corrected chi connectivity index (χ2v) is 6.47. The first-order chi connectivity index (χ1) is 11.2. The average molecular weight is 351 g/mol. The van der Waals surface area contributed by atoms with E-state index in [-0.39, 0.29) is 0 Å². The summed E-state index contributed by atoms with van der Waals surface area (Å²) < 4.78 is 5.20. The minimum atomic E-state index is 0.616. The number of methoxy groups -OCH3 is 1. The SMILES string of the molecule is COc1ccc(CN2CCN(c3cccc(Cl)c3Cl)CC2)cc1. The van der Waals surface area contributed by atoms with Crippen molar-refractivity contribution in [3.8, 4) is 5.75 Å². The second-order valence-electron chi connectivity index (χ2n) is 5.68. The van der Waals surface area contributed by atoms with Crippen molar-refractivity contribution in [1.29, 1.82) is 0 Å². The van der Waals surface area contributed by atoms with Gasteiger partial charge < -0.3 is 9.64 Å². The Hall–Kier alpha value is -1.42. The maximum Gasteiger partial charge on any atom is 0.118 e. The number of rotatable bonds is 4. The Morgan fingerprint density at radius 3 is 2.30 bits per heavy atom. The third-order valence-electron chi connectivity index (χ3n) is 4.21. The van der Waals surface area contributed by atoms with Crippen LogP contribution in [0.3, 0.4) is 0 Å². The van der Waals surface area contributed by atoms with Gasteiger partial charge in [-0.25, -0.2) is 0 Å². The highest BCUT2D eigenvalue weighted by Crippen LogP contribution is 2.32. The summed E-state index contributed by atoms with van der Waals surface area (Å²) in [4.78, 5) is 4.76. The molecule has 2 aromatic rings. The monoisotopic (exact) mass is 350 g/mol. The number of hydrogen-bond acceptors (Lipinski definition) is 3. The fourth-order valence-electron chi connectivity index (χ4n) is 2.87. The smallest absolute Gasteiger partial charge is 0.118 e. The number of ether oxygens (including phenoxy) is 1. The lowest BCUT2D eigenvalue weighted by Crippen LogP contribution is -2.46. The first-order valence-electron chi connectivity index (χ1n) is 7.71. The molecule has 0 unspecified atom stereocenters. The highest BCUT2D eigenvalue weighted by Gasteiger charge is 2.19. The van der Waals surface area contributed by atoms with Gasteiger partial charge in [-0.2, -0.15) is 0 Å². The quantitative estimate of drug-likeness (QED) is 0.816. The number of benzene rings is 2. The second kappa shape index (κ2) is 7.43. The van der Waals surface area contributed by atoms with Gasteiger partial charge in [-0.05, 0) is 29.8 Å². The van der Waals surface area contributed by atoms with Crippen LogP contribution in [-0.2, 0) is 6.54 Å². The van der Waals surface area contributed by atoms with Crippen LogP contribution in [0.5, 0.6) is 5.75 Å². The Morgan fingerprint density at radius 1 is 0.957 bits per heavy atom. The van der Waals surface area contributed by atoms with Crippen LogP contribution in [-0.4, -0.2) is 38.2 Å². The van der Waals surface area contributed by atoms with Crippen LogP contribution in [0.2, 0.25) is 10.0 Å². The summed E-state index contributed by atoms with van der Waals surface area (Å²) in [5, 5.41) is 1.27. The Bertz CT molecular complexity index is 653. The van der Waals surface area contributed by atoms with Crippen molar-refractivity contribution in [1.82, 2.24) is 4.90 Å². The molecule has 0 saturated carbocycles. The molecule has 0 aromatic heterocycles. The molecule has 3 rings (SSSR count). The van der Waals surface area contributed by atoms with E-state index < -0.39 is 0 Å². The fraction of sp³-hybridized carbons (Fsp3) is 0.333. The van der Waals surface area contributed by atoms with Crippen LogP contribution < -0.4 is 9.64 Å². The van der Waals surface area contributed by atoms with Crippen LogP contribution >= 0.6 is 23.2 Å². The van der Waals surface area contributed by atoms with Crippen molar-refractivity contribution >= 4 is 28.9 Å². The molecule has 0 radical (unpaired) electrons. The molecule has 1 aliphatic heterocycles. The number of halogens is 2. The molecule has 0 atom stereocenters. The normalized spacial score (nSPS) is 15.7. The summed E-state index contributed by atoms with van der Waals surface area (Å²) in [5.74, 6) is 0.897. The van der Waals surface area contributed by atoms with E-state index in [0.29, 0.717) is 10.0 Å². The Kier molecular flexibility index (Phi) is 5.31. The van der Waals surface area contributed by atoms with E-state index in [9.17, 15) is 0 Å². The zero-order valence-corrected chi connectivity index (χ0v) is 14.6. The maximum atomic E-state index is 6.32. The van der Waals surface area contributed by atoms with Crippen molar-refractivity contribution in [2.45, 2.75) is 6.54 Å². The van der Waals surface area contributed by atoms with Crippen molar-refractivity contribution in [3.05, 3.63) is 58.1 Å². The number of anilines is 1. The molecule has 1 fully saturated rings. The minimum Gasteiger partial charge on any atom is -0.497 e. The van der Waals surface area contributed by atoms with E-state index in [2.05, 4.69) is 21.9 Å². The van der Waals surface area contributed by atoms with Gasteiger partial charge in [0.2, 0.25) is 0 Å². The molecule has 1 saturated heterocycles. The lowest BCUT2D eigenvalue weighted by molar-refractivity contribution is 0.250. The zero-order valence-electron chi connectivity index (χ0n) is 13.1. The van der Waals surface area contributed by atoms with E-state index in [1.165, 1.54) is 5.56 Å². The van der Waals surface area contributed by atoms with Gasteiger partial charge in [0.15, 0.2) is 0 Å². The molecule has 1 aliphatic rings. The van der Waals surface area contributed by atoms with Crippen LogP contribution in [0.1, 0.15) is 5.56 Å². The molecule has 0 N–H and O–H groups in total. The van der Waals surface area contributed by atoms with Gasteiger partial charge in [-0.1, -0.05) is 41.4 Å². The third-order valence-corrected chi connectivity index (χ3v) is 5.02. The first-order valence-corrected chi connectivity index (χ1v) is 8.47. The summed E-state index contributed by atoms with van der Waals surface area (Å²) >= 11 is 12.4. The molecule has 0 amide bonds. The molecule has 122 valence electrons. The van der Waals surface area contributed by atoms with Crippen LogP contribution in [0, 0.1) is 0 Å². The topological polar surface area (TPSA) is 15.7 Å². The Balaban J connectivity index is 1.58. The summed E-state index contributed by atoms with van der Waals surface area (Å²) in [5.41, 5.74) is 2.34. The predicted molar refractivity (Wildman–Crippen MR) is 96.9 cm³/mol. The first kappa shape index (κ1) is 16.4. The fourth-order valence-corrected chi connectivity index (χ4v) is 3.29. The molecule has 1 heterocycles. The lowest BCUT2D eigenvalue weighted by Gasteiger charge is -2.36. The van der Waals surface area contributed by atoms with E-state index in [1.54, 1.807) is 7.11 Å². The largest absolute Gasteiger partial charge is 0.497 e. The van der Waals surface area contributed by atoms with Crippen LogP contribution in [0.4, 0.5) is 5.69 Å². The van der Waals surface area contributed by atoms with Crippen LogP contribution in [0.15, 0.2) is 42.5 Å². The van der Waals surface area contributed by atoms with Gasteiger partial charge in [0, 0.05) is 32.7 Å². The van der Waals surface area contributed by atoms with E-state index in [1.807, 2.05) is 30.3 Å². The lowest BCUT2D eigenvalue weighted by atomic mass is 10.2. The van der Waals surface area contributed by atoms with Crippen molar-refractivity contribution < 1.29 is 4.74 Å². The summed E-state index contributed by atoms with van der Waals surface area (Å²) in [6.07, 6.45) is 0. The third kappa shape index (κ3) is 3.92. The molecular formula is C18H20Cl2N2O. The molecule has 5 heteroatoms. The summed E-state index contributed by atoms with van der Waals surface area (Å²) in [6, 6.07) is 14.1. The molecule has 2 aromatic carbocycles. The Morgan fingerprint density at radius 2 is 1.65 bits per heavy atom. The van der Waals surface area contributed by atoms with Gasteiger partial charge in [0.25, 0.3) is 0 Å². The highest BCUT2D eigenvalue weighted by molar-refractivity contribution is 6.43. The highest BCUT2D eigenvalue weighted by atomic mass is 35.5. The summed E-state index contributed by atoms with van der Waals surface area (Å²) in [6.45, 7) is 4.89. The molecule has 0 aliphatic carbocycles. The average Bonchev–Trinajstić information content (AvgIpc) is 2.59. The van der Waals surface area contributed by atoms with Crippen molar-refractivity contribution in [2.24, 2.45) is 0 Å². The Labute approximate surface area is 147 Å². The predicted octanol–water partition coefficient (Wildman–Crippen LogP) is 4.32. The zero-order chi connectivity index (χ0) is 16.2. The maximum absolute atomic E-state index is 6.32. The number of piperazine rings is 1. The minimum absolute atomic E-state index is 0.616. The summed E-state index contributed by atoms with van der Waals surface area (Å²) in [7, 11) is 1.69. The van der Waals surface area contributed by atoms with Gasteiger partial charge in [-0.3, -0.25) is 4.90 Å². The van der Waals surface area contributed by atoms with Crippen LogP contribution in [0.25, 0.3) is 0 Å². The van der Waals surface area contributed by atoms with Gasteiger partial charge >= 0.3 is 0 Å². The molecular weight excluding hydrogens is 331 g/mol. The standard InChI is InChI=1S/C18H20Cl2N2O/c1-23-15-7-5-14(6-8-15)13-21-9-11-22(12-10-21)17-4-2-3-16(19)18(17)20/h2-8H,9-13H2,1H3. The number of hydrogen-bond donors (Lipinski definition) is 0. The molecule has 3 nitrogen and oxygen atoms in total. The van der Waals surface area contributed by atoms with Gasteiger partial charge in [0.1, 0.15) is 5.75 Å². The van der Waals surface area contributed by atoms with Crippen molar-refractivity contribution in [2.75, 3.05) is 38.2 Å². The van der Waals surface area contributed by atoms with Gasteiger partial charge in [-0.15, -0.1) is 0 Å².